The molecule has 0 aliphatic rings. The lowest BCUT2D eigenvalue weighted by Crippen LogP contribution is -2.16. The number of phosphoric acid groups is 1. The number of rotatable bonds is 12. The molecule has 2 N–H and O–H groups in total. The van der Waals surface area contributed by atoms with Gasteiger partial charge in [-0.2, -0.15) is 0 Å². The highest BCUT2D eigenvalue weighted by Crippen LogP contribution is 2.39. The average molecular weight is 322 g/mol. The average Bonchev–Trinajstić information content (AvgIpc) is 2.36. The zero-order valence-corrected chi connectivity index (χ0v) is 13.8. The van der Waals surface area contributed by atoms with Crippen LogP contribution in [-0.4, -0.2) is 28.5 Å². The van der Waals surface area contributed by atoms with Crippen molar-refractivity contribution in [2.45, 2.75) is 64.9 Å². The van der Waals surface area contributed by atoms with Gasteiger partial charge in [-0.05, 0) is 13.3 Å². The van der Waals surface area contributed by atoms with Gasteiger partial charge in [0.05, 0.1) is 12.7 Å². The second kappa shape index (κ2) is 11.0. The van der Waals surface area contributed by atoms with E-state index < -0.39 is 19.9 Å². The van der Waals surface area contributed by atoms with Gasteiger partial charge in [-0.1, -0.05) is 45.6 Å². The van der Waals surface area contributed by atoms with Crippen LogP contribution in [0.5, 0.6) is 0 Å². The van der Waals surface area contributed by atoms with Gasteiger partial charge in [0.15, 0.2) is 0 Å². The minimum atomic E-state index is -4.52. The molecular formula is C14H27O6P. The van der Waals surface area contributed by atoms with Gasteiger partial charge < -0.3 is 14.5 Å². The van der Waals surface area contributed by atoms with E-state index in [1.54, 1.807) is 6.92 Å². The van der Waals surface area contributed by atoms with E-state index >= 15 is 0 Å². The molecule has 0 aliphatic carbocycles. The van der Waals surface area contributed by atoms with Gasteiger partial charge in [0.25, 0.3) is 0 Å². The zero-order valence-electron chi connectivity index (χ0n) is 12.9. The highest BCUT2D eigenvalue weighted by molar-refractivity contribution is 7.46. The SMILES string of the molecule is C=C(C)C(=O)OCCC(CCCCCCC)OP(=O)(O)O. The molecule has 21 heavy (non-hydrogen) atoms. The first-order valence-electron chi connectivity index (χ1n) is 7.32. The Morgan fingerprint density at radius 2 is 1.81 bits per heavy atom. The molecular weight excluding hydrogens is 295 g/mol. The van der Waals surface area contributed by atoms with E-state index in [9.17, 15) is 9.36 Å². The summed E-state index contributed by atoms with van der Waals surface area (Å²) in [5.74, 6) is -0.507. The van der Waals surface area contributed by atoms with Gasteiger partial charge in [-0.3, -0.25) is 4.52 Å². The van der Waals surface area contributed by atoms with Gasteiger partial charge in [0, 0.05) is 12.0 Å². The van der Waals surface area contributed by atoms with Crippen LogP contribution in [0, 0.1) is 0 Å². The molecule has 0 aromatic rings. The summed E-state index contributed by atoms with van der Waals surface area (Å²) in [7, 11) is -4.52. The van der Waals surface area contributed by atoms with Crippen molar-refractivity contribution in [2.24, 2.45) is 0 Å². The van der Waals surface area contributed by atoms with E-state index in [1.165, 1.54) is 0 Å². The maximum absolute atomic E-state index is 11.2. The Morgan fingerprint density at radius 1 is 1.19 bits per heavy atom. The summed E-state index contributed by atoms with van der Waals surface area (Å²) in [5.41, 5.74) is 0.294. The first-order valence-corrected chi connectivity index (χ1v) is 8.86. The largest absolute Gasteiger partial charge is 0.469 e. The van der Waals surface area contributed by atoms with Crippen molar-refractivity contribution in [3.8, 4) is 0 Å². The number of carbonyl (C=O) groups is 1. The molecule has 0 fully saturated rings. The van der Waals surface area contributed by atoms with Crippen molar-refractivity contribution in [3.63, 3.8) is 0 Å². The number of phosphoric ester groups is 1. The minimum absolute atomic E-state index is 0.0608. The Hall–Kier alpha value is -0.680. The summed E-state index contributed by atoms with van der Waals surface area (Å²) < 4.78 is 20.6. The molecule has 0 rings (SSSR count). The normalized spacial score (nSPS) is 13.0. The maximum atomic E-state index is 11.2. The van der Waals surface area contributed by atoms with Crippen molar-refractivity contribution in [2.75, 3.05) is 6.61 Å². The molecule has 0 amide bonds. The van der Waals surface area contributed by atoms with Crippen molar-refractivity contribution in [1.29, 1.82) is 0 Å². The van der Waals surface area contributed by atoms with Crippen molar-refractivity contribution in [1.82, 2.24) is 0 Å². The van der Waals surface area contributed by atoms with E-state index in [-0.39, 0.29) is 13.0 Å². The quantitative estimate of drug-likeness (QED) is 0.248. The second-order valence-corrected chi connectivity index (χ2v) is 6.32. The lowest BCUT2D eigenvalue weighted by molar-refractivity contribution is -0.139. The molecule has 0 bridgehead atoms. The van der Waals surface area contributed by atoms with Crippen LogP contribution in [0.3, 0.4) is 0 Å². The Morgan fingerprint density at radius 3 is 2.33 bits per heavy atom. The third-order valence-electron chi connectivity index (χ3n) is 2.94. The Balaban J connectivity index is 4.11. The van der Waals surface area contributed by atoms with Gasteiger partial charge >= 0.3 is 13.8 Å². The summed E-state index contributed by atoms with van der Waals surface area (Å²) in [4.78, 5) is 29.0. The zero-order chi connectivity index (χ0) is 16.3. The molecule has 0 aromatic carbocycles. The molecule has 7 heteroatoms. The Kier molecular flexibility index (Phi) is 10.6. The molecule has 1 atom stereocenters. The molecule has 1 unspecified atom stereocenters. The molecule has 0 saturated heterocycles. The predicted octanol–water partition coefficient (Wildman–Crippen LogP) is 3.33. The Labute approximate surface area is 126 Å². The van der Waals surface area contributed by atoms with Crippen LogP contribution in [0.1, 0.15) is 58.8 Å². The lowest BCUT2D eigenvalue weighted by atomic mass is 10.1. The fraction of sp³-hybridized carbons (Fsp3) is 0.786. The van der Waals surface area contributed by atoms with Crippen LogP contribution in [-0.2, 0) is 18.6 Å². The lowest BCUT2D eigenvalue weighted by Gasteiger charge is -2.18. The van der Waals surface area contributed by atoms with E-state index in [1.807, 2.05) is 0 Å². The van der Waals surface area contributed by atoms with E-state index in [4.69, 9.17) is 19.0 Å². The summed E-state index contributed by atoms with van der Waals surface area (Å²) >= 11 is 0. The van der Waals surface area contributed by atoms with Crippen LogP contribution in [0.25, 0.3) is 0 Å². The molecule has 0 aliphatic heterocycles. The third-order valence-corrected chi connectivity index (χ3v) is 3.51. The fourth-order valence-electron chi connectivity index (χ4n) is 1.83. The van der Waals surface area contributed by atoms with E-state index in [0.717, 1.165) is 32.1 Å². The summed E-state index contributed by atoms with van der Waals surface area (Å²) in [6.07, 6.45) is 5.42. The molecule has 0 heterocycles. The van der Waals surface area contributed by atoms with Crippen molar-refractivity contribution in [3.05, 3.63) is 12.2 Å². The number of carbonyl (C=O) groups excluding carboxylic acids is 1. The van der Waals surface area contributed by atoms with Gasteiger partial charge in [0.2, 0.25) is 0 Å². The molecule has 124 valence electrons. The standard InChI is InChI=1S/C14H27O6P/c1-4-5-6-7-8-9-13(20-21(16,17)18)10-11-19-14(15)12(2)3/h13H,2,4-11H2,1,3H3,(H2,16,17,18). The van der Waals surface area contributed by atoms with Crippen LogP contribution in [0.4, 0.5) is 0 Å². The molecule has 6 nitrogen and oxygen atoms in total. The molecule has 0 spiro atoms. The Bertz CT molecular complexity index is 362. The summed E-state index contributed by atoms with van der Waals surface area (Å²) in [5, 5.41) is 0. The number of hydrogen-bond acceptors (Lipinski definition) is 4. The van der Waals surface area contributed by atoms with Gasteiger partial charge in [-0.25, -0.2) is 9.36 Å². The van der Waals surface area contributed by atoms with Crippen LogP contribution < -0.4 is 0 Å². The van der Waals surface area contributed by atoms with Crippen LogP contribution in [0.15, 0.2) is 12.2 Å². The number of ether oxygens (including phenoxy) is 1. The maximum Gasteiger partial charge on any atom is 0.469 e. The molecule has 0 aromatic heterocycles. The minimum Gasteiger partial charge on any atom is -0.462 e. The van der Waals surface area contributed by atoms with Gasteiger partial charge in [-0.15, -0.1) is 0 Å². The highest BCUT2D eigenvalue weighted by Gasteiger charge is 2.22. The second-order valence-electron chi connectivity index (χ2n) is 5.13. The fourth-order valence-corrected chi connectivity index (χ4v) is 2.42. The highest BCUT2D eigenvalue weighted by atomic mass is 31.2. The molecule has 0 radical (unpaired) electrons. The van der Waals surface area contributed by atoms with Crippen molar-refractivity contribution < 1.29 is 28.4 Å². The number of hydrogen-bond donors (Lipinski definition) is 2. The topological polar surface area (TPSA) is 93.1 Å². The third kappa shape index (κ3) is 12.8. The smallest absolute Gasteiger partial charge is 0.462 e. The number of unbranched alkanes of at least 4 members (excludes halogenated alkanes) is 4. The number of esters is 1. The first-order chi connectivity index (χ1) is 9.76. The van der Waals surface area contributed by atoms with E-state index in [0.29, 0.717) is 12.0 Å². The summed E-state index contributed by atoms with van der Waals surface area (Å²) in [6.45, 7) is 7.18. The van der Waals surface area contributed by atoms with Crippen LogP contribution >= 0.6 is 7.82 Å². The monoisotopic (exact) mass is 322 g/mol. The van der Waals surface area contributed by atoms with Crippen molar-refractivity contribution >= 4 is 13.8 Å². The van der Waals surface area contributed by atoms with E-state index in [2.05, 4.69) is 13.5 Å². The molecule has 0 saturated carbocycles. The van der Waals surface area contributed by atoms with Crippen LogP contribution in [0.2, 0.25) is 0 Å². The predicted molar refractivity (Wildman–Crippen MR) is 80.7 cm³/mol. The first kappa shape index (κ1) is 20.3. The summed E-state index contributed by atoms with van der Waals surface area (Å²) in [6, 6.07) is 0. The van der Waals surface area contributed by atoms with Gasteiger partial charge in [0.1, 0.15) is 0 Å².